The molecule has 7 N–H and O–H groups in total. The lowest BCUT2D eigenvalue weighted by Crippen LogP contribution is -2.61. The third-order valence-corrected chi connectivity index (χ3v) is 16.4. The minimum Gasteiger partial charge on any atom is -0.391 e. The summed E-state index contributed by atoms with van der Waals surface area (Å²) >= 11 is 7.89. The van der Waals surface area contributed by atoms with E-state index in [1.165, 1.54) is 4.90 Å². The molecule has 0 radical (unpaired) electrons. The Hall–Kier alpha value is -8.11. The van der Waals surface area contributed by atoms with Crippen LogP contribution in [0.3, 0.4) is 0 Å². The molecule has 7 atom stereocenters. The number of aliphatic hydroxyl groups excluding tert-OH is 1. The molecule has 22 heteroatoms. The lowest BCUT2D eigenvalue weighted by Gasteiger charge is -2.35. The van der Waals surface area contributed by atoms with Crippen LogP contribution in [0.5, 0.6) is 0 Å². The largest absolute Gasteiger partial charge is 0.391 e. The number of benzene rings is 4. The standard InChI is InChI=1S/C61H68ClN11O9S/c1-34-35(2)83-60-51(34)52(41-21-23-42(62)24-22-41)65-44(54-71-70-36(3)73(54)60)30-49(75)64-31-47-55(77)63-25-26-82-33-50(76)69-53(61(4,5)6)59(81)72-32-43(74)29-48(72)58(80)67-46(28-38-17-19-40(20-18-38)39-15-11-8-12-16-39)56(78)66-45(57(79)68-47)27-37-13-9-7-10-14-37/h7-24,43-48,53,74H,25-33H2,1-6H3,(H,63,77)(H,64,75)(H,66,78)(H,67,80)(H,68,79)(H,69,76)/t43-,44+,45-,46-,47-,48+,53-/m1/s1. The summed E-state index contributed by atoms with van der Waals surface area (Å²) in [5.41, 5.74) is 5.58. The van der Waals surface area contributed by atoms with E-state index in [9.17, 15) is 38.7 Å². The molecule has 9 rings (SSSR count). The number of aliphatic imine (C=N–C) groups is 1. The summed E-state index contributed by atoms with van der Waals surface area (Å²) in [5.74, 6) is -3.82. The number of hydrogen-bond donors (Lipinski definition) is 7. The van der Waals surface area contributed by atoms with Gasteiger partial charge >= 0.3 is 0 Å². The first-order chi connectivity index (χ1) is 39.7. The SMILES string of the molecule is Cc1sc2c(c1C)C(c1ccc(Cl)cc1)=N[C@@H](CC(=O)NC[C@H]1NC(=O)[C@@H](Cc3ccccc3)NC(=O)[C@@H](Cc3ccc(-c4ccccc4)cc3)NC(=O)[C@@H]3C[C@@H](O)CN3C(=O)[C@H](C(C)(C)C)NC(=O)COCCNC1=O)c1nnc(C)n1-2. The molecule has 0 bridgehead atoms. The molecule has 7 amide bonds. The summed E-state index contributed by atoms with van der Waals surface area (Å²) in [6.07, 6.45) is -1.63. The van der Waals surface area contributed by atoms with Crippen LogP contribution < -0.4 is 31.9 Å². The summed E-state index contributed by atoms with van der Waals surface area (Å²) in [6, 6.07) is 25.9. The Morgan fingerprint density at radius 2 is 1.35 bits per heavy atom. The number of halogens is 1. The molecule has 4 aromatic carbocycles. The molecule has 3 aliphatic heterocycles. The Bertz CT molecular complexity index is 3400. The summed E-state index contributed by atoms with van der Waals surface area (Å²) in [6.45, 7) is 9.65. The fraction of sp³-hybridized carbons (Fsp3) is 0.377. The first-order valence-corrected chi connectivity index (χ1v) is 28.8. The number of ether oxygens (including phenoxy) is 1. The van der Waals surface area contributed by atoms with Gasteiger partial charge in [-0.15, -0.1) is 21.5 Å². The highest BCUT2D eigenvalue weighted by atomic mass is 35.5. The zero-order valence-corrected chi connectivity index (χ0v) is 48.6. The Morgan fingerprint density at radius 3 is 2.01 bits per heavy atom. The summed E-state index contributed by atoms with van der Waals surface area (Å²) in [4.78, 5) is 109. The predicted octanol–water partition coefficient (Wildman–Crippen LogP) is 4.55. The molecule has 3 aliphatic rings. The van der Waals surface area contributed by atoms with Gasteiger partial charge < -0.3 is 46.6 Å². The summed E-state index contributed by atoms with van der Waals surface area (Å²) < 4.78 is 7.57. The maximum absolute atomic E-state index is 15.0. The van der Waals surface area contributed by atoms with Gasteiger partial charge in [0, 0.05) is 59.9 Å². The first kappa shape index (κ1) is 59.5. The van der Waals surface area contributed by atoms with E-state index < -0.39 is 102 Å². The second-order valence-corrected chi connectivity index (χ2v) is 23.8. The van der Waals surface area contributed by atoms with Gasteiger partial charge in [-0.1, -0.05) is 129 Å². The van der Waals surface area contributed by atoms with Crippen molar-refractivity contribution in [2.75, 3.05) is 32.8 Å². The number of amides is 7. The van der Waals surface area contributed by atoms with Gasteiger partial charge in [-0.05, 0) is 66.1 Å². The predicted molar refractivity (Wildman–Crippen MR) is 314 cm³/mol. The van der Waals surface area contributed by atoms with E-state index in [4.69, 9.17) is 21.3 Å². The van der Waals surface area contributed by atoms with Crippen LogP contribution in [0, 0.1) is 26.2 Å². The first-order valence-electron chi connectivity index (χ1n) is 27.6. The third kappa shape index (κ3) is 14.2. The van der Waals surface area contributed by atoms with Crippen molar-refractivity contribution in [3.63, 3.8) is 0 Å². The number of rotatable bonds is 10. The molecule has 2 fully saturated rings. The van der Waals surface area contributed by atoms with Crippen molar-refractivity contribution in [2.45, 2.75) is 110 Å². The van der Waals surface area contributed by atoms with E-state index in [0.29, 0.717) is 33.5 Å². The molecule has 0 aliphatic carbocycles. The molecule has 0 unspecified atom stereocenters. The van der Waals surface area contributed by atoms with Gasteiger partial charge in [-0.3, -0.25) is 43.1 Å². The number of nitrogens with zero attached hydrogens (tertiary/aromatic N) is 5. The van der Waals surface area contributed by atoms with Crippen LogP contribution in [0.15, 0.2) is 114 Å². The number of aliphatic hydroxyl groups is 1. The van der Waals surface area contributed by atoms with E-state index in [1.807, 2.05) is 92.1 Å². The molecule has 6 aromatic rings. The van der Waals surface area contributed by atoms with Gasteiger partial charge in [0.05, 0.1) is 24.8 Å². The van der Waals surface area contributed by atoms with E-state index in [1.54, 1.807) is 74.6 Å². The monoisotopic (exact) mass is 1170 g/mol. The van der Waals surface area contributed by atoms with Gasteiger partial charge in [0.1, 0.15) is 53.7 Å². The maximum Gasteiger partial charge on any atom is 0.246 e. The van der Waals surface area contributed by atoms with Gasteiger partial charge in [0.2, 0.25) is 41.4 Å². The van der Waals surface area contributed by atoms with Crippen molar-refractivity contribution in [2.24, 2.45) is 10.4 Å². The minimum absolute atomic E-state index is 0.0636. The van der Waals surface area contributed by atoms with Crippen molar-refractivity contribution in [1.82, 2.24) is 51.6 Å². The van der Waals surface area contributed by atoms with Crippen LogP contribution in [-0.2, 0) is 51.1 Å². The van der Waals surface area contributed by atoms with E-state index in [0.717, 1.165) is 37.7 Å². The van der Waals surface area contributed by atoms with E-state index in [-0.39, 0.29) is 45.4 Å². The average Bonchev–Trinajstić information content (AvgIpc) is 3.48. The van der Waals surface area contributed by atoms with Crippen molar-refractivity contribution in [3.8, 4) is 16.1 Å². The Morgan fingerprint density at radius 1 is 0.747 bits per heavy atom. The zero-order chi connectivity index (χ0) is 59.1. The number of aromatic nitrogens is 3. The Balaban J connectivity index is 1.02. The van der Waals surface area contributed by atoms with Crippen LogP contribution in [0.4, 0.5) is 0 Å². The second kappa shape index (κ2) is 26.0. The van der Waals surface area contributed by atoms with Gasteiger partial charge in [-0.25, -0.2) is 0 Å². The van der Waals surface area contributed by atoms with Crippen molar-refractivity contribution >= 4 is 70.0 Å². The van der Waals surface area contributed by atoms with Gasteiger partial charge in [0.25, 0.3) is 0 Å². The molecule has 20 nitrogen and oxygen atoms in total. The molecular formula is C61H68ClN11O9S. The highest BCUT2D eigenvalue weighted by Crippen LogP contribution is 2.40. The number of carbonyl (C=O) groups excluding carboxylic acids is 7. The molecule has 0 spiro atoms. The minimum atomic E-state index is -1.44. The van der Waals surface area contributed by atoms with Crippen LogP contribution in [0.1, 0.15) is 84.0 Å². The number of carbonyl (C=O) groups is 7. The molecular weight excluding hydrogens is 1100 g/mol. The van der Waals surface area contributed by atoms with Crippen LogP contribution in [-0.4, -0.2) is 141 Å². The highest BCUT2D eigenvalue weighted by Gasteiger charge is 2.45. The quantitative estimate of drug-likeness (QED) is 0.100. The maximum atomic E-state index is 15.0. The Kier molecular flexibility index (Phi) is 18.6. The topological polar surface area (TPSA) is 267 Å². The third-order valence-electron chi connectivity index (χ3n) is 15.0. The van der Waals surface area contributed by atoms with Crippen LogP contribution in [0.2, 0.25) is 5.02 Å². The molecule has 2 aromatic heterocycles. The number of hydrogen-bond acceptors (Lipinski definition) is 13. The van der Waals surface area contributed by atoms with Gasteiger partial charge in [0.15, 0.2) is 5.82 Å². The van der Waals surface area contributed by atoms with E-state index in [2.05, 4.69) is 42.1 Å². The highest BCUT2D eigenvalue weighted by molar-refractivity contribution is 7.15. The summed E-state index contributed by atoms with van der Waals surface area (Å²) in [5, 5.41) is 38.1. The number of nitrogens with one attached hydrogen (secondary N) is 6. The number of aryl methyl sites for hydroxylation is 2. The average molecular weight is 1170 g/mol. The van der Waals surface area contributed by atoms with Crippen molar-refractivity contribution < 1.29 is 43.4 Å². The van der Waals surface area contributed by atoms with E-state index >= 15 is 0 Å². The second-order valence-electron chi connectivity index (χ2n) is 22.2. The van der Waals surface area contributed by atoms with Crippen molar-refractivity contribution in [1.29, 1.82) is 0 Å². The lowest BCUT2D eigenvalue weighted by molar-refractivity contribution is -0.145. The fourth-order valence-corrected chi connectivity index (χ4v) is 11.8. The molecule has 2 saturated heterocycles. The summed E-state index contributed by atoms with van der Waals surface area (Å²) in [7, 11) is 0. The fourth-order valence-electron chi connectivity index (χ4n) is 10.4. The van der Waals surface area contributed by atoms with Crippen LogP contribution in [0.25, 0.3) is 16.1 Å². The molecule has 0 saturated carbocycles. The number of thiophene rings is 1. The molecule has 434 valence electrons. The van der Waals surface area contributed by atoms with Crippen molar-refractivity contribution in [3.05, 3.63) is 159 Å². The number of fused-ring (bicyclic) bond motifs is 4. The van der Waals surface area contributed by atoms with Crippen LogP contribution >= 0.6 is 22.9 Å². The molecule has 5 heterocycles. The lowest BCUT2D eigenvalue weighted by atomic mass is 9.85. The zero-order valence-electron chi connectivity index (χ0n) is 47.0. The normalized spacial score (nSPS) is 22.2. The molecule has 83 heavy (non-hydrogen) atoms. The smallest absolute Gasteiger partial charge is 0.246 e. The van der Waals surface area contributed by atoms with Gasteiger partial charge in [-0.2, -0.15) is 0 Å². The Labute approximate surface area is 490 Å².